The Kier molecular flexibility index (Phi) is 4.52. The third-order valence-electron chi connectivity index (χ3n) is 4.23. The number of hydrogen-bond acceptors (Lipinski definition) is 2. The van der Waals surface area contributed by atoms with Crippen LogP contribution in [0.1, 0.15) is 29.8 Å². The minimum absolute atomic E-state index is 0.0305. The lowest BCUT2D eigenvalue weighted by Crippen LogP contribution is -2.36. The first-order valence-corrected chi connectivity index (χ1v) is 8.19. The topological polar surface area (TPSA) is 46.3 Å². The molecule has 0 spiro atoms. The Morgan fingerprint density at radius 3 is 2.17 bits per heavy atom. The SMILES string of the molecule is CC(C)N(Cc1ccccc1)C(=O)c1cc2ccccc2cc1N. The fourth-order valence-corrected chi connectivity index (χ4v) is 2.87. The van der Waals surface area contributed by atoms with Crippen LogP contribution in [-0.4, -0.2) is 16.8 Å². The van der Waals surface area contributed by atoms with E-state index in [2.05, 4.69) is 0 Å². The fraction of sp³-hybridized carbons (Fsp3) is 0.190. The summed E-state index contributed by atoms with van der Waals surface area (Å²) in [6.45, 7) is 4.62. The second-order valence-corrected chi connectivity index (χ2v) is 6.30. The number of carbonyl (C=O) groups excluding carboxylic acids is 1. The van der Waals surface area contributed by atoms with E-state index in [1.807, 2.05) is 85.5 Å². The number of anilines is 1. The maximum absolute atomic E-state index is 13.1. The van der Waals surface area contributed by atoms with Crippen LogP contribution in [0.25, 0.3) is 10.8 Å². The van der Waals surface area contributed by atoms with Crippen LogP contribution in [0.5, 0.6) is 0 Å². The van der Waals surface area contributed by atoms with E-state index in [0.717, 1.165) is 16.3 Å². The summed E-state index contributed by atoms with van der Waals surface area (Å²) in [7, 11) is 0. The van der Waals surface area contributed by atoms with E-state index in [0.29, 0.717) is 17.8 Å². The van der Waals surface area contributed by atoms with Crippen LogP contribution in [0, 0.1) is 0 Å². The molecule has 3 heteroatoms. The highest BCUT2D eigenvalue weighted by atomic mass is 16.2. The van der Waals surface area contributed by atoms with E-state index in [1.54, 1.807) is 0 Å². The number of nitrogen functional groups attached to an aromatic ring is 1. The molecular formula is C21H22N2O. The van der Waals surface area contributed by atoms with Gasteiger partial charge in [0.15, 0.2) is 0 Å². The van der Waals surface area contributed by atoms with Crippen molar-refractivity contribution in [2.75, 3.05) is 5.73 Å². The predicted octanol–water partition coefficient (Wildman–Crippen LogP) is 4.47. The monoisotopic (exact) mass is 318 g/mol. The number of nitrogens with zero attached hydrogens (tertiary/aromatic N) is 1. The Bertz CT molecular complexity index is 856. The van der Waals surface area contributed by atoms with Gasteiger partial charge >= 0.3 is 0 Å². The number of benzene rings is 3. The highest BCUT2D eigenvalue weighted by Gasteiger charge is 2.21. The summed E-state index contributed by atoms with van der Waals surface area (Å²) in [5, 5.41) is 2.07. The minimum Gasteiger partial charge on any atom is -0.398 e. The largest absolute Gasteiger partial charge is 0.398 e. The Morgan fingerprint density at radius 1 is 0.958 bits per heavy atom. The van der Waals surface area contributed by atoms with Crippen molar-refractivity contribution in [1.82, 2.24) is 4.90 Å². The third-order valence-corrected chi connectivity index (χ3v) is 4.23. The van der Waals surface area contributed by atoms with Gasteiger partial charge in [0.25, 0.3) is 5.91 Å². The molecule has 122 valence electrons. The number of fused-ring (bicyclic) bond motifs is 1. The molecule has 0 aliphatic carbocycles. The zero-order valence-corrected chi connectivity index (χ0v) is 14.1. The average molecular weight is 318 g/mol. The molecule has 0 atom stereocenters. The van der Waals surface area contributed by atoms with Gasteiger partial charge in [-0.25, -0.2) is 0 Å². The van der Waals surface area contributed by atoms with Crippen LogP contribution in [0.2, 0.25) is 0 Å². The second-order valence-electron chi connectivity index (χ2n) is 6.30. The molecule has 0 aliphatic heterocycles. The highest BCUT2D eigenvalue weighted by Crippen LogP contribution is 2.24. The van der Waals surface area contributed by atoms with E-state index in [4.69, 9.17) is 5.73 Å². The molecular weight excluding hydrogens is 296 g/mol. The molecule has 3 nitrogen and oxygen atoms in total. The molecule has 2 N–H and O–H groups in total. The summed E-state index contributed by atoms with van der Waals surface area (Å²) in [6.07, 6.45) is 0. The number of rotatable bonds is 4. The lowest BCUT2D eigenvalue weighted by molar-refractivity contribution is 0.0691. The van der Waals surface area contributed by atoms with E-state index >= 15 is 0 Å². The van der Waals surface area contributed by atoms with Gasteiger partial charge in [0, 0.05) is 18.3 Å². The van der Waals surface area contributed by atoms with E-state index < -0.39 is 0 Å². The molecule has 0 bridgehead atoms. The van der Waals surface area contributed by atoms with Crippen molar-refractivity contribution in [2.45, 2.75) is 26.4 Å². The van der Waals surface area contributed by atoms with Crippen molar-refractivity contribution in [3.05, 3.63) is 77.9 Å². The molecule has 0 fully saturated rings. The molecule has 0 radical (unpaired) electrons. The molecule has 3 aromatic rings. The Labute approximate surface area is 142 Å². The second kappa shape index (κ2) is 6.75. The van der Waals surface area contributed by atoms with Crippen LogP contribution in [0.4, 0.5) is 5.69 Å². The molecule has 3 rings (SSSR count). The van der Waals surface area contributed by atoms with Crippen LogP contribution in [-0.2, 0) is 6.54 Å². The van der Waals surface area contributed by atoms with Crippen LogP contribution in [0.3, 0.4) is 0 Å². The maximum Gasteiger partial charge on any atom is 0.256 e. The van der Waals surface area contributed by atoms with Gasteiger partial charge in [0.05, 0.1) is 5.56 Å². The smallest absolute Gasteiger partial charge is 0.256 e. The number of nitrogens with two attached hydrogens (primary N) is 1. The van der Waals surface area contributed by atoms with Gasteiger partial charge in [-0.15, -0.1) is 0 Å². The average Bonchev–Trinajstić information content (AvgIpc) is 2.59. The first-order chi connectivity index (χ1) is 11.6. The Balaban J connectivity index is 1.97. The normalized spacial score (nSPS) is 11.0. The van der Waals surface area contributed by atoms with Crippen molar-refractivity contribution >= 4 is 22.4 Å². The zero-order chi connectivity index (χ0) is 17.1. The first kappa shape index (κ1) is 16.1. The lowest BCUT2D eigenvalue weighted by Gasteiger charge is -2.27. The van der Waals surface area contributed by atoms with Crippen molar-refractivity contribution < 1.29 is 4.79 Å². The molecule has 1 amide bonds. The molecule has 0 aliphatic rings. The number of carbonyl (C=O) groups is 1. The molecule has 0 aromatic heterocycles. The highest BCUT2D eigenvalue weighted by molar-refractivity contribution is 6.04. The van der Waals surface area contributed by atoms with Gasteiger partial charge in [-0.05, 0) is 42.3 Å². The quantitative estimate of drug-likeness (QED) is 0.721. The Morgan fingerprint density at radius 2 is 1.54 bits per heavy atom. The van der Waals surface area contributed by atoms with Gasteiger partial charge in [0.1, 0.15) is 0 Å². The van der Waals surface area contributed by atoms with Gasteiger partial charge < -0.3 is 10.6 Å². The molecule has 0 saturated carbocycles. The molecule has 0 heterocycles. The molecule has 0 saturated heterocycles. The Hall–Kier alpha value is -2.81. The molecule has 24 heavy (non-hydrogen) atoms. The number of amides is 1. The van der Waals surface area contributed by atoms with Crippen LogP contribution >= 0.6 is 0 Å². The maximum atomic E-state index is 13.1. The van der Waals surface area contributed by atoms with Crippen molar-refractivity contribution in [1.29, 1.82) is 0 Å². The van der Waals surface area contributed by atoms with E-state index in [-0.39, 0.29) is 11.9 Å². The summed E-state index contributed by atoms with van der Waals surface area (Å²) in [4.78, 5) is 15.0. The van der Waals surface area contributed by atoms with Gasteiger partial charge in [-0.3, -0.25) is 4.79 Å². The first-order valence-electron chi connectivity index (χ1n) is 8.19. The van der Waals surface area contributed by atoms with Gasteiger partial charge in [0.2, 0.25) is 0 Å². The van der Waals surface area contributed by atoms with Crippen molar-refractivity contribution in [2.24, 2.45) is 0 Å². The number of hydrogen-bond donors (Lipinski definition) is 1. The van der Waals surface area contributed by atoms with Gasteiger partial charge in [-0.2, -0.15) is 0 Å². The van der Waals surface area contributed by atoms with E-state index in [9.17, 15) is 4.79 Å². The summed E-state index contributed by atoms with van der Waals surface area (Å²) < 4.78 is 0. The van der Waals surface area contributed by atoms with Gasteiger partial charge in [-0.1, -0.05) is 54.6 Å². The van der Waals surface area contributed by atoms with Crippen LogP contribution < -0.4 is 5.73 Å². The molecule has 3 aromatic carbocycles. The van der Waals surface area contributed by atoms with Crippen molar-refractivity contribution in [3.63, 3.8) is 0 Å². The standard InChI is InChI=1S/C21H22N2O/c1-15(2)23(14-16-8-4-3-5-9-16)21(24)19-12-17-10-6-7-11-18(17)13-20(19)22/h3-13,15H,14,22H2,1-2H3. The predicted molar refractivity (Wildman–Crippen MR) is 99.8 cm³/mol. The lowest BCUT2D eigenvalue weighted by atomic mass is 10.0. The minimum atomic E-state index is -0.0305. The van der Waals surface area contributed by atoms with Crippen LogP contribution in [0.15, 0.2) is 66.7 Å². The summed E-state index contributed by atoms with van der Waals surface area (Å²) >= 11 is 0. The summed E-state index contributed by atoms with van der Waals surface area (Å²) in [5.41, 5.74) is 8.37. The summed E-state index contributed by atoms with van der Waals surface area (Å²) in [5.74, 6) is -0.0305. The zero-order valence-electron chi connectivity index (χ0n) is 14.1. The van der Waals surface area contributed by atoms with Crippen molar-refractivity contribution in [3.8, 4) is 0 Å². The fourth-order valence-electron chi connectivity index (χ4n) is 2.87. The third kappa shape index (κ3) is 3.25. The van der Waals surface area contributed by atoms with E-state index in [1.165, 1.54) is 0 Å². The summed E-state index contributed by atoms with van der Waals surface area (Å²) in [6, 6.07) is 21.8. The molecule has 0 unspecified atom stereocenters.